The SMILES string of the molecule is CCOc1ccc2nc(NCC(=O)N(C)CC)sc2c1. The van der Waals surface area contributed by atoms with E-state index < -0.39 is 0 Å². The standard InChI is InChI=1S/C14H19N3O2S/c1-4-17(3)13(18)9-15-14-16-11-7-6-10(19-5-2)8-12(11)20-14/h6-8H,4-5,9H2,1-3H3,(H,15,16). The fourth-order valence-electron chi connectivity index (χ4n) is 1.70. The van der Waals surface area contributed by atoms with Crippen LogP contribution in [0, 0.1) is 0 Å². The molecule has 5 nitrogen and oxygen atoms in total. The Kier molecular flexibility index (Phi) is 4.79. The van der Waals surface area contributed by atoms with Crippen LogP contribution < -0.4 is 10.1 Å². The normalized spacial score (nSPS) is 10.6. The maximum absolute atomic E-state index is 11.7. The monoisotopic (exact) mass is 293 g/mol. The number of nitrogens with one attached hydrogen (secondary N) is 1. The van der Waals surface area contributed by atoms with Crippen LogP contribution in [0.3, 0.4) is 0 Å². The minimum absolute atomic E-state index is 0.0572. The molecule has 2 aromatic rings. The fraction of sp³-hybridized carbons (Fsp3) is 0.429. The molecule has 0 bridgehead atoms. The highest BCUT2D eigenvalue weighted by atomic mass is 32.1. The van der Waals surface area contributed by atoms with Crippen LogP contribution in [0.1, 0.15) is 13.8 Å². The van der Waals surface area contributed by atoms with E-state index in [1.54, 1.807) is 11.9 Å². The van der Waals surface area contributed by atoms with Crippen LogP contribution >= 0.6 is 11.3 Å². The molecule has 2 rings (SSSR count). The maximum Gasteiger partial charge on any atom is 0.241 e. The Bertz CT molecular complexity index is 597. The number of nitrogens with zero attached hydrogens (tertiary/aromatic N) is 2. The van der Waals surface area contributed by atoms with Crippen molar-refractivity contribution in [2.45, 2.75) is 13.8 Å². The van der Waals surface area contributed by atoms with Crippen molar-refractivity contribution in [3.8, 4) is 5.75 Å². The number of aromatic nitrogens is 1. The average Bonchev–Trinajstić information content (AvgIpc) is 2.86. The molecule has 0 radical (unpaired) electrons. The van der Waals surface area contributed by atoms with E-state index in [-0.39, 0.29) is 12.5 Å². The highest BCUT2D eigenvalue weighted by Crippen LogP contribution is 2.29. The van der Waals surface area contributed by atoms with Crippen LogP contribution in [0.15, 0.2) is 18.2 Å². The maximum atomic E-state index is 11.7. The van der Waals surface area contributed by atoms with Gasteiger partial charge in [-0.3, -0.25) is 4.79 Å². The number of ether oxygens (including phenoxy) is 1. The van der Waals surface area contributed by atoms with E-state index in [1.165, 1.54) is 11.3 Å². The summed E-state index contributed by atoms with van der Waals surface area (Å²) in [5.41, 5.74) is 0.914. The topological polar surface area (TPSA) is 54.5 Å². The number of benzene rings is 1. The van der Waals surface area contributed by atoms with Gasteiger partial charge in [0.25, 0.3) is 0 Å². The Balaban J connectivity index is 2.06. The second-order valence-corrected chi connectivity index (χ2v) is 5.37. The van der Waals surface area contributed by atoms with E-state index in [0.29, 0.717) is 13.2 Å². The van der Waals surface area contributed by atoms with Crippen LogP contribution in [0.2, 0.25) is 0 Å². The minimum atomic E-state index is 0.0572. The molecule has 1 N–H and O–H groups in total. The number of thiazole rings is 1. The van der Waals surface area contributed by atoms with Gasteiger partial charge in [-0.15, -0.1) is 0 Å². The molecule has 0 aliphatic rings. The van der Waals surface area contributed by atoms with Gasteiger partial charge >= 0.3 is 0 Å². The molecular formula is C14H19N3O2S. The van der Waals surface area contributed by atoms with Gasteiger partial charge in [-0.05, 0) is 32.0 Å². The summed E-state index contributed by atoms with van der Waals surface area (Å²) in [4.78, 5) is 17.8. The lowest BCUT2D eigenvalue weighted by atomic mass is 10.3. The summed E-state index contributed by atoms with van der Waals surface area (Å²) in [6, 6.07) is 5.81. The summed E-state index contributed by atoms with van der Waals surface area (Å²) in [6.07, 6.45) is 0. The van der Waals surface area contributed by atoms with Crippen LogP contribution in [0.25, 0.3) is 10.2 Å². The largest absolute Gasteiger partial charge is 0.494 e. The molecule has 0 saturated carbocycles. The molecule has 0 aliphatic carbocycles. The molecule has 1 heterocycles. The highest BCUT2D eigenvalue weighted by molar-refractivity contribution is 7.22. The third kappa shape index (κ3) is 3.39. The fourth-order valence-corrected chi connectivity index (χ4v) is 2.59. The summed E-state index contributed by atoms with van der Waals surface area (Å²) in [5.74, 6) is 0.902. The Hall–Kier alpha value is -1.82. The van der Waals surface area contributed by atoms with Gasteiger partial charge < -0.3 is 15.0 Å². The molecule has 0 aliphatic heterocycles. The van der Waals surface area contributed by atoms with Crippen LogP contribution in [0.5, 0.6) is 5.75 Å². The van der Waals surface area contributed by atoms with Crippen molar-refractivity contribution < 1.29 is 9.53 Å². The van der Waals surface area contributed by atoms with Crippen molar-refractivity contribution in [1.82, 2.24) is 9.88 Å². The van der Waals surface area contributed by atoms with Crippen LogP contribution in [0.4, 0.5) is 5.13 Å². The third-order valence-electron chi connectivity index (χ3n) is 2.96. The molecule has 0 spiro atoms. The zero-order valence-electron chi connectivity index (χ0n) is 12.0. The molecule has 6 heteroatoms. The number of carbonyl (C=O) groups is 1. The van der Waals surface area contributed by atoms with Crippen molar-refractivity contribution in [2.75, 3.05) is 32.1 Å². The van der Waals surface area contributed by atoms with Gasteiger partial charge in [-0.25, -0.2) is 4.98 Å². The van der Waals surface area contributed by atoms with Gasteiger partial charge in [0, 0.05) is 13.6 Å². The first-order chi connectivity index (χ1) is 9.63. The lowest BCUT2D eigenvalue weighted by molar-refractivity contribution is -0.127. The Morgan fingerprint density at radius 3 is 2.95 bits per heavy atom. The first-order valence-corrected chi connectivity index (χ1v) is 7.47. The van der Waals surface area contributed by atoms with Gasteiger partial charge in [-0.1, -0.05) is 11.3 Å². The highest BCUT2D eigenvalue weighted by Gasteiger charge is 2.09. The molecule has 1 aromatic carbocycles. The van der Waals surface area contributed by atoms with Gasteiger partial charge in [0.15, 0.2) is 5.13 Å². The van der Waals surface area contributed by atoms with Gasteiger partial charge in [0.2, 0.25) is 5.91 Å². The summed E-state index contributed by atoms with van der Waals surface area (Å²) in [7, 11) is 1.79. The molecule has 0 atom stereocenters. The van der Waals surface area contributed by atoms with Crippen molar-refractivity contribution in [1.29, 1.82) is 0 Å². The number of hydrogen-bond donors (Lipinski definition) is 1. The van der Waals surface area contributed by atoms with E-state index in [9.17, 15) is 4.79 Å². The number of fused-ring (bicyclic) bond motifs is 1. The van der Waals surface area contributed by atoms with Crippen LogP contribution in [-0.4, -0.2) is 42.5 Å². The number of carbonyl (C=O) groups excluding carboxylic acids is 1. The molecule has 0 unspecified atom stereocenters. The van der Waals surface area contributed by atoms with Gasteiger partial charge in [0.1, 0.15) is 5.75 Å². The quantitative estimate of drug-likeness (QED) is 0.889. The number of amides is 1. The second-order valence-electron chi connectivity index (χ2n) is 4.34. The minimum Gasteiger partial charge on any atom is -0.494 e. The number of rotatable bonds is 6. The first kappa shape index (κ1) is 14.6. The molecule has 108 valence electrons. The van der Waals surface area contributed by atoms with Crippen molar-refractivity contribution >= 4 is 32.6 Å². The number of likely N-dealkylation sites (N-methyl/N-ethyl adjacent to an activating group) is 1. The lowest BCUT2D eigenvalue weighted by Crippen LogP contribution is -2.31. The number of hydrogen-bond acceptors (Lipinski definition) is 5. The molecule has 0 saturated heterocycles. The Morgan fingerprint density at radius 2 is 2.25 bits per heavy atom. The Morgan fingerprint density at radius 1 is 1.45 bits per heavy atom. The summed E-state index contributed by atoms with van der Waals surface area (Å²) < 4.78 is 6.52. The predicted octanol–water partition coefficient (Wildman–Crippen LogP) is 2.59. The van der Waals surface area contributed by atoms with E-state index in [1.807, 2.05) is 32.0 Å². The van der Waals surface area contributed by atoms with Gasteiger partial charge in [-0.2, -0.15) is 0 Å². The van der Waals surface area contributed by atoms with Crippen molar-refractivity contribution in [3.05, 3.63) is 18.2 Å². The summed E-state index contributed by atoms with van der Waals surface area (Å²) >= 11 is 1.53. The smallest absolute Gasteiger partial charge is 0.241 e. The molecule has 1 amide bonds. The molecule has 0 fully saturated rings. The van der Waals surface area contributed by atoms with E-state index in [4.69, 9.17) is 4.74 Å². The zero-order valence-corrected chi connectivity index (χ0v) is 12.8. The summed E-state index contributed by atoms with van der Waals surface area (Å²) in [6.45, 7) is 5.53. The van der Waals surface area contributed by atoms with E-state index >= 15 is 0 Å². The summed E-state index contributed by atoms with van der Waals surface area (Å²) in [5, 5.41) is 3.83. The molecule has 1 aromatic heterocycles. The second kappa shape index (κ2) is 6.56. The lowest BCUT2D eigenvalue weighted by Gasteiger charge is -2.14. The zero-order chi connectivity index (χ0) is 14.5. The van der Waals surface area contributed by atoms with Crippen LogP contribution in [-0.2, 0) is 4.79 Å². The molecule has 20 heavy (non-hydrogen) atoms. The van der Waals surface area contributed by atoms with Crippen molar-refractivity contribution in [2.24, 2.45) is 0 Å². The average molecular weight is 293 g/mol. The first-order valence-electron chi connectivity index (χ1n) is 6.65. The predicted molar refractivity (Wildman–Crippen MR) is 82.6 cm³/mol. The van der Waals surface area contributed by atoms with Crippen molar-refractivity contribution in [3.63, 3.8) is 0 Å². The Labute approximate surface area is 122 Å². The van der Waals surface area contributed by atoms with E-state index in [0.717, 1.165) is 21.1 Å². The number of anilines is 1. The third-order valence-corrected chi connectivity index (χ3v) is 3.94. The van der Waals surface area contributed by atoms with E-state index in [2.05, 4.69) is 10.3 Å². The molecular weight excluding hydrogens is 274 g/mol. The van der Waals surface area contributed by atoms with Gasteiger partial charge in [0.05, 0.1) is 23.4 Å².